The lowest BCUT2D eigenvalue weighted by atomic mass is 9.87. The number of thiophene rings is 1. The first-order chi connectivity index (χ1) is 11.8. The van der Waals surface area contributed by atoms with Crippen molar-refractivity contribution in [2.75, 3.05) is 19.4 Å². The molecule has 1 N–H and O–H groups in total. The van der Waals surface area contributed by atoms with Gasteiger partial charge in [-0.3, -0.25) is 9.59 Å². The van der Waals surface area contributed by atoms with Crippen LogP contribution in [0.25, 0.3) is 0 Å². The highest BCUT2D eigenvalue weighted by atomic mass is 32.1. The maximum Gasteiger partial charge on any atom is 0.263 e. The molecule has 0 saturated heterocycles. The minimum Gasteiger partial charge on any atom is -0.344 e. The van der Waals surface area contributed by atoms with Crippen molar-refractivity contribution in [2.45, 2.75) is 19.3 Å². The van der Waals surface area contributed by atoms with Crippen LogP contribution in [0.5, 0.6) is 0 Å². The van der Waals surface area contributed by atoms with Crippen LogP contribution >= 0.6 is 11.3 Å². The first-order valence-electron chi connectivity index (χ1n) is 7.94. The molecule has 0 spiro atoms. The number of fused-ring (bicyclic) bond motifs is 1. The van der Waals surface area contributed by atoms with E-state index in [2.05, 4.69) is 5.32 Å². The van der Waals surface area contributed by atoms with E-state index < -0.39 is 11.6 Å². The number of amides is 2. The van der Waals surface area contributed by atoms with E-state index in [1.807, 2.05) is 6.07 Å². The van der Waals surface area contributed by atoms with Crippen LogP contribution in [0.3, 0.4) is 0 Å². The zero-order valence-corrected chi connectivity index (χ0v) is 14.8. The highest BCUT2D eigenvalue weighted by Crippen LogP contribution is 2.33. The molecule has 2 aromatic rings. The molecule has 0 fully saturated rings. The Morgan fingerprint density at radius 3 is 2.64 bits per heavy atom. The summed E-state index contributed by atoms with van der Waals surface area (Å²) in [5, 5.41) is 2.64. The Morgan fingerprint density at radius 2 is 1.96 bits per heavy atom. The summed E-state index contributed by atoms with van der Waals surface area (Å²) in [6.45, 7) is 0. The number of hydrogen-bond donors (Lipinski definition) is 1. The Balaban J connectivity index is 1.70. The number of carbonyl (C=O) groups is 2. The quantitative estimate of drug-likeness (QED) is 0.907. The van der Waals surface area contributed by atoms with Gasteiger partial charge in [0.25, 0.3) is 5.91 Å². The summed E-state index contributed by atoms with van der Waals surface area (Å²) in [7, 11) is 3.41. The first-order valence-corrected chi connectivity index (χ1v) is 8.76. The molecule has 1 aromatic heterocycles. The molecule has 1 aromatic carbocycles. The Kier molecular flexibility index (Phi) is 4.85. The summed E-state index contributed by atoms with van der Waals surface area (Å²) < 4.78 is 26.2. The number of benzene rings is 1. The van der Waals surface area contributed by atoms with Crippen LogP contribution in [0.15, 0.2) is 24.3 Å². The van der Waals surface area contributed by atoms with E-state index in [-0.39, 0.29) is 23.4 Å². The minimum absolute atomic E-state index is 0.0396. The number of aryl methyl sites for hydroxylation is 1. The van der Waals surface area contributed by atoms with Gasteiger partial charge >= 0.3 is 0 Å². The molecule has 0 saturated carbocycles. The third-order valence-electron chi connectivity index (χ3n) is 4.26. The van der Waals surface area contributed by atoms with Gasteiger partial charge < -0.3 is 10.2 Å². The molecule has 0 bridgehead atoms. The van der Waals surface area contributed by atoms with Gasteiger partial charge in [0.2, 0.25) is 5.91 Å². The van der Waals surface area contributed by atoms with Gasteiger partial charge in [-0.05, 0) is 43.0 Å². The predicted octanol–water partition coefficient (Wildman–Crippen LogP) is 3.47. The van der Waals surface area contributed by atoms with Gasteiger partial charge in [-0.2, -0.15) is 0 Å². The van der Waals surface area contributed by atoms with Crippen LogP contribution in [0.4, 0.5) is 14.5 Å². The molecule has 1 atom stereocenters. The summed E-state index contributed by atoms with van der Waals surface area (Å²) in [5.74, 6) is -2.45. The SMILES string of the molecule is CN(C)C(=O)c1cc2c(s1)CC[C@@H](C(=O)Nc1ccc(F)c(F)c1)C2. The Bertz CT molecular complexity index is 832. The molecule has 1 aliphatic rings. The fourth-order valence-electron chi connectivity index (χ4n) is 2.89. The first kappa shape index (κ1) is 17.5. The highest BCUT2D eigenvalue weighted by Gasteiger charge is 2.28. The van der Waals surface area contributed by atoms with Crippen molar-refractivity contribution in [3.8, 4) is 0 Å². The third kappa shape index (κ3) is 3.71. The van der Waals surface area contributed by atoms with Gasteiger partial charge in [0, 0.05) is 36.6 Å². The lowest BCUT2D eigenvalue weighted by Gasteiger charge is -2.21. The van der Waals surface area contributed by atoms with Crippen LogP contribution in [0.1, 0.15) is 26.5 Å². The summed E-state index contributed by atoms with van der Waals surface area (Å²) >= 11 is 1.48. The van der Waals surface area contributed by atoms with Crippen LogP contribution in [0.2, 0.25) is 0 Å². The smallest absolute Gasteiger partial charge is 0.263 e. The van der Waals surface area contributed by atoms with Crippen molar-refractivity contribution in [3.05, 3.63) is 51.2 Å². The fraction of sp³-hybridized carbons (Fsp3) is 0.333. The maximum atomic E-state index is 13.3. The Morgan fingerprint density at radius 1 is 1.20 bits per heavy atom. The summed E-state index contributed by atoms with van der Waals surface area (Å²) in [6.07, 6.45) is 1.94. The van der Waals surface area contributed by atoms with Crippen molar-refractivity contribution in [1.29, 1.82) is 0 Å². The van der Waals surface area contributed by atoms with E-state index in [1.165, 1.54) is 22.3 Å². The van der Waals surface area contributed by atoms with Crippen molar-refractivity contribution < 1.29 is 18.4 Å². The molecule has 7 heteroatoms. The van der Waals surface area contributed by atoms with Crippen molar-refractivity contribution >= 4 is 28.8 Å². The monoisotopic (exact) mass is 364 g/mol. The van der Waals surface area contributed by atoms with E-state index >= 15 is 0 Å². The molecule has 4 nitrogen and oxygen atoms in total. The summed E-state index contributed by atoms with van der Waals surface area (Å²) in [6, 6.07) is 5.16. The van der Waals surface area contributed by atoms with E-state index in [9.17, 15) is 18.4 Å². The molecule has 2 amide bonds. The standard InChI is InChI=1S/C18H18F2N2O2S/c1-22(2)18(24)16-8-11-7-10(3-6-15(11)25-16)17(23)21-12-4-5-13(19)14(20)9-12/h4-5,8-10H,3,6-7H2,1-2H3,(H,21,23)/t10-/m1/s1. The molecular formula is C18H18F2N2O2S. The van der Waals surface area contributed by atoms with Gasteiger partial charge in [-0.1, -0.05) is 0 Å². The van der Waals surface area contributed by atoms with Gasteiger partial charge in [-0.25, -0.2) is 8.78 Å². The lowest BCUT2D eigenvalue weighted by molar-refractivity contribution is -0.120. The summed E-state index contributed by atoms with van der Waals surface area (Å²) in [4.78, 5) is 27.8. The average molecular weight is 364 g/mol. The number of rotatable bonds is 3. The van der Waals surface area contributed by atoms with Crippen molar-refractivity contribution in [1.82, 2.24) is 4.90 Å². The normalized spacial score (nSPS) is 16.2. The Labute approximate surface area is 148 Å². The predicted molar refractivity (Wildman–Crippen MR) is 92.8 cm³/mol. The van der Waals surface area contributed by atoms with E-state index in [0.29, 0.717) is 17.7 Å². The zero-order valence-electron chi connectivity index (χ0n) is 13.9. The molecule has 1 aliphatic carbocycles. The molecule has 1 heterocycles. The lowest BCUT2D eigenvalue weighted by Crippen LogP contribution is -2.27. The number of carbonyl (C=O) groups excluding carboxylic acids is 2. The molecule has 0 aliphatic heterocycles. The molecule has 132 valence electrons. The molecule has 0 unspecified atom stereocenters. The second-order valence-electron chi connectivity index (χ2n) is 6.32. The summed E-state index contributed by atoms with van der Waals surface area (Å²) in [5.41, 5.74) is 1.26. The van der Waals surface area contributed by atoms with E-state index in [1.54, 1.807) is 14.1 Å². The van der Waals surface area contributed by atoms with Gasteiger partial charge in [-0.15, -0.1) is 11.3 Å². The minimum atomic E-state index is -0.992. The van der Waals surface area contributed by atoms with Crippen LogP contribution in [0, 0.1) is 17.6 Å². The number of nitrogens with one attached hydrogen (secondary N) is 1. The fourth-order valence-corrected chi connectivity index (χ4v) is 4.12. The molecular weight excluding hydrogens is 346 g/mol. The van der Waals surface area contributed by atoms with Gasteiger partial charge in [0.05, 0.1) is 4.88 Å². The Hall–Kier alpha value is -2.28. The number of halogens is 2. The second kappa shape index (κ2) is 6.92. The van der Waals surface area contributed by atoms with E-state index in [4.69, 9.17) is 0 Å². The molecule has 25 heavy (non-hydrogen) atoms. The average Bonchev–Trinajstić information content (AvgIpc) is 3.00. The number of nitrogens with zero attached hydrogens (tertiary/aromatic N) is 1. The van der Waals surface area contributed by atoms with E-state index in [0.717, 1.165) is 29.0 Å². The third-order valence-corrected chi connectivity index (χ3v) is 5.48. The number of anilines is 1. The van der Waals surface area contributed by atoms with Crippen LogP contribution < -0.4 is 5.32 Å². The molecule has 3 rings (SSSR count). The molecule has 0 radical (unpaired) electrons. The highest BCUT2D eigenvalue weighted by molar-refractivity contribution is 7.14. The van der Waals surface area contributed by atoms with Crippen LogP contribution in [-0.2, 0) is 17.6 Å². The topological polar surface area (TPSA) is 49.4 Å². The van der Waals surface area contributed by atoms with Crippen LogP contribution in [-0.4, -0.2) is 30.8 Å². The number of hydrogen-bond acceptors (Lipinski definition) is 3. The van der Waals surface area contributed by atoms with Gasteiger partial charge in [0.15, 0.2) is 11.6 Å². The van der Waals surface area contributed by atoms with Crippen molar-refractivity contribution in [2.24, 2.45) is 5.92 Å². The maximum absolute atomic E-state index is 13.3. The van der Waals surface area contributed by atoms with Crippen molar-refractivity contribution in [3.63, 3.8) is 0 Å². The van der Waals surface area contributed by atoms with Gasteiger partial charge in [0.1, 0.15) is 0 Å². The second-order valence-corrected chi connectivity index (χ2v) is 7.45. The largest absolute Gasteiger partial charge is 0.344 e. The zero-order chi connectivity index (χ0) is 18.1.